The van der Waals surface area contributed by atoms with Gasteiger partial charge in [-0.05, 0) is 25.1 Å². The lowest BCUT2D eigenvalue weighted by atomic mass is 10.2. The van der Waals surface area contributed by atoms with Crippen molar-refractivity contribution < 1.29 is 14.0 Å². The Kier molecular flexibility index (Phi) is 6.08. The summed E-state index contributed by atoms with van der Waals surface area (Å²) in [6.45, 7) is 7.58. The number of hydrogen-bond acceptors (Lipinski definition) is 9. The molecule has 0 aliphatic carbocycles. The van der Waals surface area contributed by atoms with Crippen LogP contribution in [-0.4, -0.2) is 65.3 Å². The van der Waals surface area contributed by atoms with E-state index in [4.69, 9.17) is 14.0 Å². The second-order valence-corrected chi connectivity index (χ2v) is 8.05. The molecular weight excluding hydrogens is 390 g/mol. The van der Waals surface area contributed by atoms with Crippen molar-refractivity contribution in [3.05, 3.63) is 40.2 Å². The predicted molar refractivity (Wildman–Crippen MR) is 110 cm³/mol. The highest BCUT2D eigenvalue weighted by Gasteiger charge is 2.20. The van der Waals surface area contributed by atoms with Crippen molar-refractivity contribution in [1.82, 2.24) is 24.9 Å². The Labute approximate surface area is 174 Å². The number of rotatable bonds is 7. The first kappa shape index (κ1) is 19.8. The molecule has 0 unspecified atom stereocenters. The van der Waals surface area contributed by atoms with Crippen molar-refractivity contribution in [2.24, 2.45) is 0 Å². The van der Waals surface area contributed by atoms with Crippen molar-refractivity contribution in [2.75, 3.05) is 40.4 Å². The standard InChI is InChI=1S/C20H25N5O3S/c1-14-21-16(13-29-14)11-24-6-8-25(9-7-24)12-19-22-20(23-28-19)15-4-5-17(26-2)18(10-15)27-3/h4-5,10,13H,6-9,11-12H2,1-3H3. The van der Waals surface area contributed by atoms with E-state index in [2.05, 4.69) is 30.3 Å². The Balaban J connectivity index is 1.33. The van der Waals surface area contributed by atoms with E-state index in [-0.39, 0.29) is 0 Å². The van der Waals surface area contributed by atoms with Gasteiger partial charge in [-0.2, -0.15) is 4.98 Å². The second-order valence-electron chi connectivity index (χ2n) is 6.99. The topological polar surface area (TPSA) is 76.8 Å². The van der Waals surface area contributed by atoms with Crippen LogP contribution in [0.4, 0.5) is 0 Å². The van der Waals surface area contributed by atoms with E-state index in [1.807, 2.05) is 25.1 Å². The molecule has 3 heterocycles. The van der Waals surface area contributed by atoms with Crippen molar-refractivity contribution >= 4 is 11.3 Å². The minimum Gasteiger partial charge on any atom is -0.493 e. The molecule has 1 aliphatic heterocycles. The van der Waals surface area contributed by atoms with Gasteiger partial charge in [-0.15, -0.1) is 11.3 Å². The maximum Gasteiger partial charge on any atom is 0.241 e. The maximum atomic E-state index is 5.48. The quantitative estimate of drug-likeness (QED) is 0.583. The van der Waals surface area contributed by atoms with Gasteiger partial charge in [0, 0.05) is 43.7 Å². The summed E-state index contributed by atoms with van der Waals surface area (Å²) in [7, 11) is 3.22. The van der Waals surface area contributed by atoms with Crippen LogP contribution >= 0.6 is 11.3 Å². The summed E-state index contributed by atoms with van der Waals surface area (Å²) in [6, 6.07) is 5.59. The SMILES string of the molecule is COc1ccc(-c2noc(CN3CCN(Cc4csc(C)n4)CC3)n2)cc1OC. The smallest absolute Gasteiger partial charge is 0.241 e. The first-order valence-electron chi connectivity index (χ1n) is 9.55. The highest BCUT2D eigenvalue weighted by atomic mass is 32.1. The summed E-state index contributed by atoms with van der Waals surface area (Å²) in [5.41, 5.74) is 2.00. The Morgan fingerprint density at radius 1 is 1.00 bits per heavy atom. The number of nitrogens with zero attached hydrogens (tertiary/aromatic N) is 5. The molecule has 4 rings (SSSR count). The number of piperazine rings is 1. The van der Waals surface area contributed by atoms with E-state index in [1.54, 1.807) is 25.6 Å². The first-order valence-corrected chi connectivity index (χ1v) is 10.4. The molecule has 0 N–H and O–H groups in total. The minimum atomic E-state index is 0.554. The third-order valence-electron chi connectivity index (χ3n) is 4.99. The molecule has 2 aromatic heterocycles. The van der Waals surface area contributed by atoms with Gasteiger partial charge < -0.3 is 14.0 Å². The lowest BCUT2D eigenvalue weighted by Gasteiger charge is -2.33. The first-order chi connectivity index (χ1) is 14.1. The van der Waals surface area contributed by atoms with Gasteiger partial charge in [0.2, 0.25) is 11.7 Å². The lowest BCUT2D eigenvalue weighted by molar-refractivity contribution is 0.111. The number of aromatic nitrogens is 3. The predicted octanol–water partition coefficient (Wildman–Crippen LogP) is 2.84. The summed E-state index contributed by atoms with van der Waals surface area (Å²) < 4.78 is 16.1. The summed E-state index contributed by atoms with van der Waals surface area (Å²) in [6.07, 6.45) is 0. The molecule has 3 aromatic rings. The molecule has 0 spiro atoms. The van der Waals surface area contributed by atoms with E-state index >= 15 is 0 Å². The summed E-state index contributed by atoms with van der Waals surface area (Å²) in [4.78, 5) is 13.9. The van der Waals surface area contributed by atoms with Crippen molar-refractivity contribution in [1.29, 1.82) is 0 Å². The molecule has 1 saturated heterocycles. The minimum absolute atomic E-state index is 0.554. The highest BCUT2D eigenvalue weighted by molar-refractivity contribution is 7.09. The average Bonchev–Trinajstić information content (AvgIpc) is 3.38. The van der Waals surface area contributed by atoms with Crippen LogP contribution in [0.5, 0.6) is 11.5 Å². The van der Waals surface area contributed by atoms with Gasteiger partial charge in [-0.25, -0.2) is 4.98 Å². The molecule has 0 saturated carbocycles. The lowest BCUT2D eigenvalue weighted by Crippen LogP contribution is -2.45. The van der Waals surface area contributed by atoms with Gasteiger partial charge in [0.1, 0.15) is 0 Å². The number of aryl methyl sites for hydroxylation is 1. The monoisotopic (exact) mass is 415 g/mol. The van der Waals surface area contributed by atoms with E-state index in [9.17, 15) is 0 Å². The zero-order valence-corrected chi connectivity index (χ0v) is 17.7. The van der Waals surface area contributed by atoms with Crippen LogP contribution in [0.15, 0.2) is 28.1 Å². The molecule has 154 valence electrons. The number of methoxy groups -OCH3 is 2. The Morgan fingerprint density at radius 3 is 2.38 bits per heavy atom. The van der Waals surface area contributed by atoms with Crippen LogP contribution in [0.1, 0.15) is 16.6 Å². The molecule has 0 atom stereocenters. The number of thiazole rings is 1. The highest BCUT2D eigenvalue weighted by Crippen LogP contribution is 2.31. The van der Waals surface area contributed by atoms with Crippen LogP contribution in [0.2, 0.25) is 0 Å². The van der Waals surface area contributed by atoms with Gasteiger partial charge in [-0.3, -0.25) is 9.80 Å². The van der Waals surface area contributed by atoms with E-state index in [1.165, 1.54) is 0 Å². The third kappa shape index (κ3) is 4.75. The number of benzene rings is 1. The maximum absolute atomic E-state index is 5.48. The van der Waals surface area contributed by atoms with Crippen LogP contribution in [-0.2, 0) is 13.1 Å². The molecule has 1 aromatic carbocycles. The van der Waals surface area contributed by atoms with E-state index in [0.717, 1.165) is 49.0 Å². The average molecular weight is 416 g/mol. The van der Waals surface area contributed by atoms with Crippen molar-refractivity contribution in [2.45, 2.75) is 20.0 Å². The number of ether oxygens (including phenoxy) is 2. The zero-order chi connectivity index (χ0) is 20.2. The largest absolute Gasteiger partial charge is 0.493 e. The van der Waals surface area contributed by atoms with Crippen molar-refractivity contribution in [3.8, 4) is 22.9 Å². The molecule has 0 amide bonds. The fourth-order valence-electron chi connectivity index (χ4n) is 3.42. The Bertz CT molecular complexity index is 949. The molecule has 1 aliphatic rings. The van der Waals surface area contributed by atoms with Gasteiger partial charge >= 0.3 is 0 Å². The van der Waals surface area contributed by atoms with Crippen LogP contribution < -0.4 is 9.47 Å². The van der Waals surface area contributed by atoms with Crippen LogP contribution in [0.25, 0.3) is 11.4 Å². The molecular formula is C20H25N5O3S. The van der Waals surface area contributed by atoms with E-state index in [0.29, 0.717) is 29.8 Å². The van der Waals surface area contributed by atoms with Crippen LogP contribution in [0, 0.1) is 6.92 Å². The third-order valence-corrected chi connectivity index (χ3v) is 5.81. The molecule has 8 nitrogen and oxygen atoms in total. The normalized spacial score (nSPS) is 15.6. The fraction of sp³-hybridized carbons (Fsp3) is 0.450. The Morgan fingerprint density at radius 2 is 1.72 bits per heavy atom. The van der Waals surface area contributed by atoms with Crippen LogP contribution in [0.3, 0.4) is 0 Å². The van der Waals surface area contributed by atoms with Gasteiger partial charge in [0.25, 0.3) is 0 Å². The molecule has 0 radical (unpaired) electrons. The summed E-state index contributed by atoms with van der Waals surface area (Å²) in [5, 5.41) is 7.40. The molecule has 1 fully saturated rings. The van der Waals surface area contributed by atoms with Crippen molar-refractivity contribution in [3.63, 3.8) is 0 Å². The molecule has 29 heavy (non-hydrogen) atoms. The molecule has 9 heteroatoms. The van der Waals surface area contributed by atoms with Gasteiger partial charge in [0.15, 0.2) is 11.5 Å². The second kappa shape index (κ2) is 8.89. The zero-order valence-electron chi connectivity index (χ0n) is 16.9. The summed E-state index contributed by atoms with van der Waals surface area (Å²) >= 11 is 1.71. The van der Waals surface area contributed by atoms with E-state index < -0.39 is 0 Å². The fourth-order valence-corrected chi connectivity index (χ4v) is 4.02. The summed E-state index contributed by atoms with van der Waals surface area (Å²) in [5.74, 6) is 2.49. The van der Waals surface area contributed by atoms with Gasteiger partial charge in [0.05, 0.1) is 31.5 Å². The molecule has 0 bridgehead atoms. The number of hydrogen-bond donors (Lipinski definition) is 0. The van der Waals surface area contributed by atoms with Gasteiger partial charge in [-0.1, -0.05) is 5.16 Å². The Hall–Kier alpha value is -2.49.